The molecule has 2 atom stereocenters. The third-order valence-corrected chi connectivity index (χ3v) is 4.19. The Labute approximate surface area is 97.5 Å². The zero-order valence-corrected chi connectivity index (χ0v) is 9.73. The fourth-order valence-electron chi connectivity index (χ4n) is 3.06. The summed E-state index contributed by atoms with van der Waals surface area (Å²) in [5.41, 5.74) is 3.02. The van der Waals surface area contributed by atoms with Gasteiger partial charge in [-0.2, -0.15) is 0 Å². The Kier molecular flexibility index (Phi) is 2.72. The van der Waals surface area contributed by atoms with Crippen LogP contribution < -0.4 is 0 Å². The second kappa shape index (κ2) is 4.21. The van der Waals surface area contributed by atoms with Crippen molar-refractivity contribution in [3.8, 4) is 0 Å². The van der Waals surface area contributed by atoms with Gasteiger partial charge < -0.3 is 5.11 Å². The maximum absolute atomic E-state index is 10.1. The van der Waals surface area contributed by atoms with Gasteiger partial charge in [0.1, 0.15) is 0 Å². The summed E-state index contributed by atoms with van der Waals surface area (Å²) < 4.78 is 0. The van der Waals surface area contributed by atoms with Gasteiger partial charge in [-0.3, -0.25) is 0 Å². The van der Waals surface area contributed by atoms with Crippen LogP contribution in [0.15, 0.2) is 24.3 Å². The van der Waals surface area contributed by atoms with Gasteiger partial charge in [0, 0.05) is 0 Å². The molecule has 16 heavy (non-hydrogen) atoms. The number of fused-ring (bicyclic) bond motifs is 1. The minimum atomic E-state index is -0.0452. The van der Waals surface area contributed by atoms with Crippen molar-refractivity contribution < 1.29 is 5.11 Å². The van der Waals surface area contributed by atoms with Gasteiger partial charge in [0.25, 0.3) is 0 Å². The van der Waals surface area contributed by atoms with Crippen molar-refractivity contribution in [2.75, 3.05) is 0 Å². The van der Waals surface area contributed by atoms with E-state index in [2.05, 4.69) is 24.3 Å². The average Bonchev–Trinajstić information content (AvgIpc) is 3.13. The number of aliphatic hydroxyl groups is 1. The van der Waals surface area contributed by atoms with Crippen molar-refractivity contribution in [1.29, 1.82) is 0 Å². The largest absolute Gasteiger partial charge is 0.393 e. The van der Waals surface area contributed by atoms with E-state index >= 15 is 0 Å². The minimum Gasteiger partial charge on any atom is -0.393 e. The van der Waals surface area contributed by atoms with Crippen molar-refractivity contribution in [1.82, 2.24) is 0 Å². The SMILES string of the molecule is OC(CC1CCCc2ccccc21)C1CC1. The maximum atomic E-state index is 10.1. The molecule has 0 bridgehead atoms. The summed E-state index contributed by atoms with van der Waals surface area (Å²) in [6.45, 7) is 0. The van der Waals surface area contributed by atoms with E-state index in [0.29, 0.717) is 11.8 Å². The number of hydrogen-bond donors (Lipinski definition) is 1. The van der Waals surface area contributed by atoms with Crippen LogP contribution >= 0.6 is 0 Å². The summed E-state index contributed by atoms with van der Waals surface area (Å²) in [5, 5.41) is 10.1. The summed E-state index contributed by atoms with van der Waals surface area (Å²) in [6.07, 6.45) is 7.22. The van der Waals surface area contributed by atoms with Gasteiger partial charge in [-0.25, -0.2) is 0 Å². The van der Waals surface area contributed by atoms with Crippen LogP contribution in [0, 0.1) is 5.92 Å². The van der Waals surface area contributed by atoms with E-state index < -0.39 is 0 Å². The smallest absolute Gasteiger partial charge is 0.0574 e. The number of aryl methyl sites for hydroxylation is 1. The number of rotatable bonds is 3. The Hall–Kier alpha value is -0.820. The first-order chi connectivity index (χ1) is 7.84. The van der Waals surface area contributed by atoms with E-state index in [0.717, 1.165) is 6.42 Å². The highest BCUT2D eigenvalue weighted by atomic mass is 16.3. The van der Waals surface area contributed by atoms with Crippen molar-refractivity contribution in [3.05, 3.63) is 35.4 Å². The van der Waals surface area contributed by atoms with E-state index in [4.69, 9.17) is 0 Å². The molecule has 86 valence electrons. The Morgan fingerprint density at radius 3 is 2.81 bits per heavy atom. The minimum absolute atomic E-state index is 0.0452. The first kappa shape index (κ1) is 10.3. The summed E-state index contributed by atoms with van der Waals surface area (Å²) in [5.74, 6) is 1.23. The molecule has 1 nitrogen and oxygen atoms in total. The Balaban J connectivity index is 1.76. The number of benzene rings is 1. The number of hydrogen-bond acceptors (Lipinski definition) is 1. The summed E-state index contributed by atoms with van der Waals surface area (Å²) in [4.78, 5) is 0. The standard InChI is InChI=1S/C15H20O/c16-15(12-8-9-12)10-13-6-3-5-11-4-1-2-7-14(11)13/h1-2,4,7,12-13,15-16H,3,5-6,8-10H2. The average molecular weight is 216 g/mol. The van der Waals surface area contributed by atoms with Gasteiger partial charge >= 0.3 is 0 Å². The Morgan fingerprint density at radius 1 is 1.19 bits per heavy atom. The molecule has 1 aromatic rings. The molecular formula is C15H20O. The van der Waals surface area contributed by atoms with Crippen LogP contribution in [-0.4, -0.2) is 11.2 Å². The van der Waals surface area contributed by atoms with Crippen LogP contribution in [0.4, 0.5) is 0 Å². The molecule has 1 N–H and O–H groups in total. The molecule has 2 aliphatic carbocycles. The van der Waals surface area contributed by atoms with Gasteiger partial charge in [-0.1, -0.05) is 24.3 Å². The molecule has 0 aromatic heterocycles. The molecule has 0 saturated heterocycles. The highest BCUT2D eigenvalue weighted by Crippen LogP contribution is 2.40. The summed E-state index contributed by atoms with van der Waals surface area (Å²) >= 11 is 0. The predicted molar refractivity (Wildman–Crippen MR) is 65.5 cm³/mol. The van der Waals surface area contributed by atoms with Crippen LogP contribution in [0.5, 0.6) is 0 Å². The molecule has 3 rings (SSSR count). The fraction of sp³-hybridized carbons (Fsp3) is 0.600. The maximum Gasteiger partial charge on any atom is 0.0574 e. The molecule has 1 saturated carbocycles. The molecule has 1 fully saturated rings. The molecule has 1 aromatic carbocycles. The lowest BCUT2D eigenvalue weighted by Crippen LogP contribution is -2.18. The van der Waals surface area contributed by atoms with E-state index in [1.165, 1.54) is 43.2 Å². The van der Waals surface area contributed by atoms with Crippen molar-refractivity contribution in [3.63, 3.8) is 0 Å². The fourth-order valence-corrected chi connectivity index (χ4v) is 3.06. The van der Waals surface area contributed by atoms with Crippen molar-refractivity contribution in [2.24, 2.45) is 5.92 Å². The normalized spacial score (nSPS) is 26.2. The van der Waals surface area contributed by atoms with E-state index in [9.17, 15) is 5.11 Å². The summed E-state index contributed by atoms with van der Waals surface area (Å²) in [7, 11) is 0. The Bertz CT molecular complexity index is 367. The lowest BCUT2D eigenvalue weighted by Gasteiger charge is -2.27. The van der Waals surface area contributed by atoms with E-state index in [1.807, 2.05) is 0 Å². The monoisotopic (exact) mass is 216 g/mol. The van der Waals surface area contributed by atoms with Crippen LogP contribution in [0.2, 0.25) is 0 Å². The van der Waals surface area contributed by atoms with Gasteiger partial charge in [0.05, 0.1) is 6.10 Å². The zero-order chi connectivity index (χ0) is 11.0. The van der Waals surface area contributed by atoms with Crippen LogP contribution in [0.25, 0.3) is 0 Å². The molecule has 2 unspecified atom stereocenters. The van der Waals surface area contributed by atoms with Gasteiger partial charge in [0.15, 0.2) is 0 Å². The van der Waals surface area contributed by atoms with E-state index in [1.54, 1.807) is 0 Å². The third kappa shape index (κ3) is 2.01. The molecular weight excluding hydrogens is 196 g/mol. The van der Waals surface area contributed by atoms with Crippen molar-refractivity contribution >= 4 is 0 Å². The molecule has 0 heterocycles. The third-order valence-electron chi connectivity index (χ3n) is 4.19. The first-order valence-corrected chi connectivity index (χ1v) is 6.60. The second-order valence-corrected chi connectivity index (χ2v) is 5.43. The van der Waals surface area contributed by atoms with Crippen LogP contribution in [0.3, 0.4) is 0 Å². The molecule has 1 heteroatoms. The number of aliphatic hydroxyl groups excluding tert-OH is 1. The summed E-state index contributed by atoms with van der Waals surface area (Å²) in [6, 6.07) is 8.79. The van der Waals surface area contributed by atoms with Gasteiger partial charge in [-0.05, 0) is 61.5 Å². The zero-order valence-electron chi connectivity index (χ0n) is 9.73. The molecule has 0 aliphatic heterocycles. The molecule has 2 aliphatic rings. The van der Waals surface area contributed by atoms with Gasteiger partial charge in [-0.15, -0.1) is 0 Å². The first-order valence-electron chi connectivity index (χ1n) is 6.60. The molecule has 0 spiro atoms. The van der Waals surface area contributed by atoms with Crippen molar-refractivity contribution in [2.45, 2.75) is 50.5 Å². The Morgan fingerprint density at radius 2 is 2.00 bits per heavy atom. The molecule has 0 radical (unpaired) electrons. The van der Waals surface area contributed by atoms with E-state index in [-0.39, 0.29) is 6.10 Å². The highest BCUT2D eigenvalue weighted by molar-refractivity contribution is 5.32. The molecule has 0 amide bonds. The lowest BCUT2D eigenvalue weighted by atomic mass is 9.79. The van der Waals surface area contributed by atoms with Crippen LogP contribution in [0.1, 0.15) is 49.1 Å². The van der Waals surface area contributed by atoms with Gasteiger partial charge in [0.2, 0.25) is 0 Å². The van der Waals surface area contributed by atoms with Crippen LogP contribution in [-0.2, 0) is 6.42 Å². The predicted octanol–water partition coefficient (Wildman–Crippen LogP) is 3.27. The second-order valence-electron chi connectivity index (χ2n) is 5.43. The lowest BCUT2D eigenvalue weighted by molar-refractivity contribution is 0.130. The topological polar surface area (TPSA) is 20.2 Å². The highest BCUT2D eigenvalue weighted by Gasteiger charge is 2.32. The quantitative estimate of drug-likeness (QED) is 0.822.